The summed E-state index contributed by atoms with van der Waals surface area (Å²) in [6.45, 7) is 6.53. The minimum absolute atomic E-state index is 0.183. The van der Waals surface area contributed by atoms with Gasteiger partial charge in [0.15, 0.2) is 11.4 Å². The van der Waals surface area contributed by atoms with Crippen molar-refractivity contribution in [1.82, 2.24) is 10.6 Å². The van der Waals surface area contributed by atoms with Crippen LogP contribution in [0.1, 0.15) is 32.3 Å². The van der Waals surface area contributed by atoms with Crippen LogP contribution in [0.25, 0.3) is 0 Å². The molecule has 1 saturated heterocycles. The molecular weight excluding hydrogens is 338 g/mol. The van der Waals surface area contributed by atoms with Crippen molar-refractivity contribution in [3.63, 3.8) is 0 Å². The number of carbonyl (C=O) groups is 1. The molecule has 7 heteroatoms. The quantitative estimate of drug-likeness (QED) is 0.577. The third-order valence-electron chi connectivity index (χ3n) is 4.11. The maximum Gasteiger partial charge on any atom is 0.242 e. The minimum Gasteiger partial charge on any atom is -0.366 e. The Bertz CT molecular complexity index is 609. The summed E-state index contributed by atoms with van der Waals surface area (Å²) >= 11 is 5.37. The molecule has 138 valence electrons. The molecule has 0 bridgehead atoms. The number of ether oxygens (including phenoxy) is 1. The molecule has 1 heterocycles. The van der Waals surface area contributed by atoms with Gasteiger partial charge in [0, 0.05) is 5.69 Å². The van der Waals surface area contributed by atoms with Crippen molar-refractivity contribution in [3.8, 4) is 0 Å². The van der Waals surface area contributed by atoms with E-state index in [1.54, 1.807) is 0 Å². The molecule has 4 N–H and O–H groups in total. The van der Waals surface area contributed by atoms with Crippen molar-refractivity contribution in [2.45, 2.75) is 52.0 Å². The summed E-state index contributed by atoms with van der Waals surface area (Å²) in [5.74, 6) is 0.131. The zero-order valence-corrected chi connectivity index (χ0v) is 15.7. The van der Waals surface area contributed by atoms with E-state index in [9.17, 15) is 9.90 Å². The lowest BCUT2D eigenvalue weighted by Gasteiger charge is -2.24. The Morgan fingerprint density at radius 2 is 2.12 bits per heavy atom. The van der Waals surface area contributed by atoms with E-state index in [-0.39, 0.29) is 11.9 Å². The first-order valence-corrected chi connectivity index (χ1v) is 9.01. The standard InChI is InChI=1S/C18H27N3O3S/c1-11(2)10-15(16(22)19-14-8-9-24-17(14)23)21-18(25)20-13-7-5-4-6-12(13)3/h4-7,11,14-15,17,23H,8-10H2,1-3H3,(H,19,22)(H2,20,21,25)/t14-,15-,17?/m0/s1. The van der Waals surface area contributed by atoms with Gasteiger partial charge in [0.25, 0.3) is 0 Å². The second kappa shape index (κ2) is 9.12. The number of aliphatic hydroxyl groups excluding tert-OH is 1. The summed E-state index contributed by atoms with van der Waals surface area (Å²) < 4.78 is 5.08. The van der Waals surface area contributed by atoms with Crippen molar-refractivity contribution in [3.05, 3.63) is 29.8 Å². The van der Waals surface area contributed by atoms with Crippen LogP contribution in [0, 0.1) is 12.8 Å². The lowest BCUT2D eigenvalue weighted by Crippen LogP contribution is -2.52. The van der Waals surface area contributed by atoms with Crippen molar-refractivity contribution < 1.29 is 14.6 Å². The predicted octanol–water partition coefficient (Wildman–Crippen LogP) is 1.92. The van der Waals surface area contributed by atoms with E-state index in [1.165, 1.54) is 0 Å². The molecule has 0 spiro atoms. The van der Waals surface area contributed by atoms with Gasteiger partial charge in [0.05, 0.1) is 12.6 Å². The number of carbonyl (C=O) groups excluding carboxylic acids is 1. The van der Waals surface area contributed by atoms with Gasteiger partial charge in [0.2, 0.25) is 5.91 Å². The van der Waals surface area contributed by atoms with E-state index < -0.39 is 12.3 Å². The molecule has 1 aliphatic rings. The van der Waals surface area contributed by atoms with Gasteiger partial charge < -0.3 is 25.8 Å². The van der Waals surface area contributed by atoms with Crippen LogP contribution in [0.2, 0.25) is 0 Å². The van der Waals surface area contributed by atoms with Gasteiger partial charge in [-0.25, -0.2) is 0 Å². The molecule has 1 aromatic carbocycles. The molecule has 0 aromatic heterocycles. The molecule has 0 saturated carbocycles. The highest BCUT2D eigenvalue weighted by Crippen LogP contribution is 2.14. The summed E-state index contributed by atoms with van der Waals surface area (Å²) in [4.78, 5) is 12.6. The number of aliphatic hydroxyl groups is 1. The molecule has 1 aromatic rings. The van der Waals surface area contributed by atoms with Crippen molar-refractivity contribution in [1.29, 1.82) is 0 Å². The molecule has 1 fully saturated rings. The first kappa shape index (κ1) is 19.6. The Morgan fingerprint density at radius 3 is 2.72 bits per heavy atom. The zero-order valence-electron chi connectivity index (χ0n) is 14.9. The Kier molecular flexibility index (Phi) is 7.16. The Morgan fingerprint density at radius 1 is 1.40 bits per heavy atom. The van der Waals surface area contributed by atoms with Gasteiger partial charge in [-0.2, -0.15) is 0 Å². The van der Waals surface area contributed by atoms with E-state index in [1.807, 2.05) is 45.0 Å². The molecule has 1 amide bonds. The van der Waals surface area contributed by atoms with Crippen LogP contribution >= 0.6 is 12.2 Å². The molecule has 0 aliphatic carbocycles. The predicted molar refractivity (Wildman–Crippen MR) is 102 cm³/mol. The fourth-order valence-corrected chi connectivity index (χ4v) is 2.99. The molecular formula is C18H27N3O3S. The average molecular weight is 365 g/mol. The number of rotatable bonds is 6. The highest BCUT2D eigenvalue weighted by molar-refractivity contribution is 7.80. The second-order valence-corrected chi connectivity index (χ2v) is 7.17. The van der Waals surface area contributed by atoms with Gasteiger partial charge in [-0.05, 0) is 49.5 Å². The summed E-state index contributed by atoms with van der Waals surface area (Å²) in [5.41, 5.74) is 1.98. The number of hydrogen-bond acceptors (Lipinski definition) is 4. The van der Waals surface area contributed by atoms with Crippen LogP contribution in [0.3, 0.4) is 0 Å². The van der Waals surface area contributed by atoms with E-state index in [2.05, 4.69) is 16.0 Å². The van der Waals surface area contributed by atoms with Gasteiger partial charge in [-0.3, -0.25) is 4.79 Å². The fourth-order valence-electron chi connectivity index (χ4n) is 2.73. The highest BCUT2D eigenvalue weighted by Gasteiger charge is 2.30. The normalized spacial score (nSPS) is 21.0. The van der Waals surface area contributed by atoms with Crippen LogP contribution in [-0.2, 0) is 9.53 Å². The lowest BCUT2D eigenvalue weighted by molar-refractivity contribution is -0.127. The third kappa shape index (κ3) is 5.95. The van der Waals surface area contributed by atoms with E-state index in [0.29, 0.717) is 30.5 Å². The number of benzene rings is 1. The van der Waals surface area contributed by atoms with E-state index in [4.69, 9.17) is 17.0 Å². The van der Waals surface area contributed by atoms with Gasteiger partial charge in [-0.1, -0.05) is 32.0 Å². The smallest absolute Gasteiger partial charge is 0.242 e. The van der Waals surface area contributed by atoms with Gasteiger partial charge in [-0.15, -0.1) is 0 Å². The largest absolute Gasteiger partial charge is 0.366 e. The summed E-state index contributed by atoms with van der Waals surface area (Å²) in [5, 5.41) is 19.2. The topological polar surface area (TPSA) is 82.6 Å². The molecule has 0 radical (unpaired) electrons. The molecule has 1 aliphatic heterocycles. The minimum atomic E-state index is -0.944. The molecule has 25 heavy (non-hydrogen) atoms. The molecule has 2 rings (SSSR count). The number of para-hydroxylation sites is 1. The first-order chi connectivity index (χ1) is 11.9. The Hall–Kier alpha value is -1.70. The van der Waals surface area contributed by atoms with E-state index >= 15 is 0 Å². The number of aryl methyl sites for hydroxylation is 1. The lowest BCUT2D eigenvalue weighted by atomic mass is 10.0. The number of amides is 1. The fraction of sp³-hybridized carbons (Fsp3) is 0.556. The molecule has 1 unspecified atom stereocenters. The number of anilines is 1. The highest BCUT2D eigenvalue weighted by atomic mass is 32.1. The Balaban J connectivity index is 1.97. The monoisotopic (exact) mass is 365 g/mol. The van der Waals surface area contributed by atoms with Crippen molar-refractivity contribution >= 4 is 28.9 Å². The van der Waals surface area contributed by atoms with Crippen LogP contribution in [0.5, 0.6) is 0 Å². The van der Waals surface area contributed by atoms with Crippen molar-refractivity contribution in [2.75, 3.05) is 11.9 Å². The van der Waals surface area contributed by atoms with E-state index in [0.717, 1.165) is 11.3 Å². The van der Waals surface area contributed by atoms with Crippen LogP contribution in [0.4, 0.5) is 5.69 Å². The summed E-state index contributed by atoms with van der Waals surface area (Å²) in [7, 11) is 0. The summed E-state index contributed by atoms with van der Waals surface area (Å²) in [6, 6.07) is 6.97. The Labute approximate surface area is 154 Å². The summed E-state index contributed by atoms with van der Waals surface area (Å²) in [6.07, 6.45) is 0.291. The first-order valence-electron chi connectivity index (χ1n) is 8.60. The van der Waals surface area contributed by atoms with Gasteiger partial charge >= 0.3 is 0 Å². The van der Waals surface area contributed by atoms with Crippen LogP contribution in [-0.4, -0.2) is 41.1 Å². The third-order valence-corrected chi connectivity index (χ3v) is 4.33. The van der Waals surface area contributed by atoms with Crippen LogP contribution in [0.15, 0.2) is 24.3 Å². The number of hydrogen-bond donors (Lipinski definition) is 4. The SMILES string of the molecule is Cc1ccccc1NC(=S)N[C@@H](CC(C)C)C(=O)N[C@H]1CCOC1O. The zero-order chi connectivity index (χ0) is 18.4. The second-order valence-electron chi connectivity index (χ2n) is 6.76. The van der Waals surface area contributed by atoms with Gasteiger partial charge in [0.1, 0.15) is 6.04 Å². The van der Waals surface area contributed by atoms with Crippen molar-refractivity contribution in [2.24, 2.45) is 5.92 Å². The number of nitrogens with one attached hydrogen (secondary N) is 3. The number of thiocarbonyl (C=S) groups is 1. The average Bonchev–Trinajstić information content (AvgIpc) is 2.93. The molecule has 6 nitrogen and oxygen atoms in total. The maximum atomic E-state index is 12.6. The van der Waals surface area contributed by atoms with Crippen LogP contribution < -0.4 is 16.0 Å². The maximum absolute atomic E-state index is 12.6. The molecule has 3 atom stereocenters.